The standard InChI is InChI=1S/C17H17BrF2N2O/c1-10-7-13(4-6-15(10)18)22-17(23)9-21-11(2)14-5-3-12(19)8-16(14)20/h3-8,11,21H,9H2,1-2H3,(H,22,23)/p+1/t11-/m1/s1. The minimum absolute atomic E-state index is 0.146. The van der Waals surface area contributed by atoms with E-state index in [1.54, 1.807) is 18.3 Å². The fourth-order valence-electron chi connectivity index (χ4n) is 2.22. The van der Waals surface area contributed by atoms with Crippen molar-refractivity contribution >= 4 is 27.5 Å². The number of rotatable bonds is 5. The summed E-state index contributed by atoms with van der Waals surface area (Å²) in [7, 11) is 0. The molecule has 122 valence electrons. The predicted molar refractivity (Wildman–Crippen MR) is 89.1 cm³/mol. The number of anilines is 1. The molecule has 0 radical (unpaired) electrons. The summed E-state index contributed by atoms with van der Waals surface area (Å²) in [6.45, 7) is 3.85. The molecule has 0 unspecified atom stereocenters. The van der Waals surface area contributed by atoms with E-state index in [4.69, 9.17) is 0 Å². The average molecular weight is 384 g/mol. The van der Waals surface area contributed by atoms with Crippen LogP contribution >= 0.6 is 15.9 Å². The van der Waals surface area contributed by atoms with Gasteiger partial charge in [-0.1, -0.05) is 15.9 Å². The average Bonchev–Trinajstić information content (AvgIpc) is 2.48. The smallest absolute Gasteiger partial charge is 0.279 e. The van der Waals surface area contributed by atoms with Gasteiger partial charge in [0, 0.05) is 21.8 Å². The fourth-order valence-corrected chi connectivity index (χ4v) is 2.46. The molecule has 0 aromatic heterocycles. The van der Waals surface area contributed by atoms with Crippen LogP contribution in [0.2, 0.25) is 0 Å². The van der Waals surface area contributed by atoms with Crippen molar-refractivity contribution in [3.8, 4) is 0 Å². The van der Waals surface area contributed by atoms with Gasteiger partial charge < -0.3 is 10.6 Å². The maximum atomic E-state index is 13.7. The fraction of sp³-hybridized carbons (Fsp3) is 0.235. The number of carbonyl (C=O) groups excluding carboxylic acids is 1. The van der Waals surface area contributed by atoms with Crippen molar-refractivity contribution < 1.29 is 18.9 Å². The van der Waals surface area contributed by atoms with Crippen LogP contribution in [0.1, 0.15) is 24.1 Å². The van der Waals surface area contributed by atoms with Crippen LogP contribution in [0.25, 0.3) is 0 Å². The van der Waals surface area contributed by atoms with E-state index < -0.39 is 11.6 Å². The SMILES string of the molecule is Cc1cc(NC(=O)C[NH2+][C@H](C)c2ccc(F)cc2F)ccc1Br. The number of hydrogen-bond acceptors (Lipinski definition) is 1. The number of nitrogens with two attached hydrogens (primary N) is 1. The number of quaternary nitrogens is 1. The maximum absolute atomic E-state index is 13.7. The first-order valence-electron chi connectivity index (χ1n) is 7.21. The van der Waals surface area contributed by atoms with Gasteiger partial charge in [-0.05, 0) is 49.7 Å². The Bertz CT molecular complexity index is 722. The van der Waals surface area contributed by atoms with Gasteiger partial charge in [0.1, 0.15) is 17.7 Å². The lowest BCUT2D eigenvalue weighted by molar-refractivity contribution is -0.682. The monoisotopic (exact) mass is 383 g/mol. The molecule has 0 aliphatic heterocycles. The summed E-state index contributed by atoms with van der Waals surface area (Å²) in [5, 5.41) is 4.50. The Labute approximate surface area is 142 Å². The van der Waals surface area contributed by atoms with Crippen LogP contribution in [0.4, 0.5) is 14.5 Å². The van der Waals surface area contributed by atoms with Crippen molar-refractivity contribution in [2.75, 3.05) is 11.9 Å². The molecule has 2 aromatic rings. The third kappa shape index (κ3) is 4.84. The van der Waals surface area contributed by atoms with E-state index >= 15 is 0 Å². The molecular weight excluding hydrogens is 366 g/mol. The first kappa shape index (κ1) is 17.6. The van der Waals surface area contributed by atoms with Gasteiger partial charge in [0.05, 0.1) is 0 Å². The van der Waals surface area contributed by atoms with Crippen LogP contribution in [0.5, 0.6) is 0 Å². The van der Waals surface area contributed by atoms with Gasteiger partial charge >= 0.3 is 0 Å². The van der Waals surface area contributed by atoms with Crippen LogP contribution < -0.4 is 10.6 Å². The Morgan fingerprint density at radius 2 is 2.00 bits per heavy atom. The first-order valence-corrected chi connectivity index (χ1v) is 8.00. The molecule has 0 heterocycles. The van der Waals surface area contributed by atoms with Crippen molar-refractivity contribution in [2.45, 2.75) is 19.9 Å². The quantitative estimate of drug-likeness (QED) is 0.817. The minimum Gasteiger partial charge on any atom is -0.332 e. The molecule has 0 fully saturated rings. The number of carbonyl (C=O) groups is 1. The van der Waals surface area contributed by atoms with Crippen LogP contribution in [-0.4, -0.2) is 12.5 Å². The molecule has 2 aromatic carbocycles. The van der Waals surface area contributed by atoms with E-state index in [9.17, 15) is 13.6 Å². The Hall–Kier alpha value is -1.79. The Morgan fingerprint density at radius 1 is 1.26 bits per heavy atom. The second kappa shape index (κ2) is 7.66. The van der Waals surface area contributed by atoms with E-state index in [-0.39, 0.29) is 18.5 Å². The number of hydrogen-bond donors (Lipinski definition) is 2. The topological polar surface area (TPSA) is 45.7 Å². The van der Waals surface area contributed by atoms with Gasteiger partial charge in [0.15, 0.2) is 6.54 Å². The highest BCUT2D eigenvalue weighted by molar-refractivity contribution is 9.10. The molecule has 0 spiro atoms. The summed E-state index contributed by atoms with van der Waals surface area (Å²) in [5.41, 5.74) is 2.11. The molecule has 0 bridgehead atoms. The Kier molecular flexibility index (Phi) is 5.85. The molecule has 3 nitrogen and oxygen atoms in total. The molecular formula is C17H18BrF2N2O+. The number of benzene rings is 2. The van der Waals surface area contributed by atoms with E-state index in [0.29, 0.717) is 11.3 Å². The third-order valence-electron chi connectivity index (χ3n) is 3.55. The highest BCUT2D eigenvalue weighted by Gasteiger charge is 2.16. The minimum atomic E-state index is -0.609. The van der Waals surface area contributed by atoms with Gasteiger partial charge in [-0.25, -0.2) is 8.78 Å². The number of nitrogens with one attached hydrogen (secondary N) is 1. The van der Waals surface area contributed by atoms with E-state index in [1.807, 2.05) is 19.1 Å². The number of aryl methyl sites for hydroxylation is 1. The summed E-state index contributed by atoms with van der Waals surface area (Å²) < 4.78 is 27.6. The van der Waals surface area contributed by atoms with Gasteiger partial charge in [0.2, 0.25) is 0 Å². The van der Waals surface area contributed by atoms with Crippen molar-refractivity contribution in [2.24, 2.45) is 0 Å². The molecule has 0 aliphatic carbocycles. The van der Waals surface area contributed by atoms with Crippen LogP contribution in [-0.2, 0) is 4.79 Å². The second-order valence-corrected chi connectivity index (χ2v) is 6.26. The van der Waals surface area contributed by atoms with Crippen molar-refractivity contribution in [1.29, 1.82) is 0 Å². The van der Waals surface area contributed by atoms with Gasteiger partial charge in [-0.2, -0.15) is 0 Å². The summed E-state index contributed by atoms with van der Waals surface area (Å²) in [4.78, 5) is 12.0. The third-order valence-corrected chi connectivity index (χ3v) is 4.44. The van der Waals surface area contributed by atoms with Crippen LogP contribution in [0.15, 0.2) is 40.9 Å². The zero-order chi connectivity index (χ0) is 17.0. The summed E-state index contributed by atoms with van der Waals surface area (Å²) in [5.74, 6) is -1.39. The lowest BCUT2D eigenvalue weighted by atomic mass is 10.1. The molecule has 6 heteroatoms. The highest BCUT2D eigenvalue weighted by atomic mass is 79.9. The van der Waals surface area contributed by atoms with Crippen molar-refractivity contribution in [3.05, 3.63) is 63.6 Å². The maximum Gasteiger partial charge on any atom is 0.279 e. The van der Waals surface area contributed by atoms with Crippen molar-refractivity contribution in [3.63, 3.8) is 0 Å². The zero-order valence-electron chi connectivity index (χ0n) is 12.9. The van der Waals surface area contributed by atoms with E-state index in [1.165, 1.54) is 12.1 Å². The van der Waals surface area contributed by atoms with Gasteiger partial charge in [-0.3, -0.25) is 4.79 Å². The second-order valence-electron chi connectivity index (χ2n) is 5.41. The Morgan fingerprint density at radius 3 is 2.65 bits per heavy atom. The lowest BCUT2D eigenvalue weighted by Gasteiger charge is -2.12. The van der Waals surface area contributed by atoms with Gasteiger partial charge in [0.25, 0.3) is 5.91 Å². The molecule has 0 saturated carbocycles. The summed E-state index contributed by atoms with van der Waals surface area (Å²) in [6, 6.07) is 8.72. The largest absolute Gasteiger partial charge is 0.332 e. The number of halogens is 3. The molecule has 0 saturated heterocycles. The lowest BCUT2D eigenvalue weighted by Crippen LogP contribution is -2.86. The van der Waals surface area contributed by atoms with Crippen LogP contribution in [0.3, 0.4) is 0 Å². The normalized spacial score (nSPS) is 12.0. The first-order chi connectivity index (χ1) is 10.9. The molecule has 1 amide bonds. The zero-order valence-corrected chi connectivity index (χ0v) is 14.5. The highest BCUT2D eigenvalue weighted by Crippen LogP contribution is 2.20. The van der Waals surface area contributed by atoms with E-state index in [0.717, 1.165) is 16.1 Å². The van der Waals surface area contributed by atoms with Crippen LogP contribution in [0, 0.1) is 18.6 Å². The molecule has 2 rings (SSSR count). The van der Waals surface area contributed by atoms with Gasteiger partial charge in [-0.15, -0.1) is 0 Å². The molecule has 1 atom stereocenters. The summed E-state index contributed by atoms with van der Waals surface area (Å²) >= 11 is 3.40. The molecule has 3 N–H and O–H groups in total. The molecule has 23 heavy (non-hydrogen) atoms. The Balaban J connectivity index is 1.91. The molecule has 0 aliphatic rings. The summed E-state index contributed by atoms with van der Waals surface area (Å²) in [6.07, 6.45) is 0. The predicted octanol–water partition coefficient (Wildman–Crippen LogP) is 3.30. The number of amides is 1. The van der Waals surface area contributed by atoms with Crippen molar-refractivity contribution in [1.82, 2.24) is 0 Å². The van der Waals surface area contributed by atoms with E-state index in [2.05, 4.69) is 21.2 Å².